The van der Waals surface area contributed by atoms with Gasteiger partial charge in [0.2, 0.25) is 5.78 Å². The molecule has 0 radical (unpaired) electrons. The number of rotatable bonds is 5. The zero-order valence-corrected chi connectivity index (χ0v) is 13.3. The van der Waals surface area contributed by atoms with E-state index in [1.54, 1.807) is 35.9 Å². The van der Waals surface area contributed by atoms with Gasteiger partial charge in [-0.25, -0.2) is 9.48 Å². The second-order valence-electron chi connectivity index (χ2n) is 5.50. The van der Waals surface area contributed by atoms with E-state index in [4.69, 9.17) is 22.1 Å². The standard InChI is InChI=1S/C16H16ClN3O3/c1-9-14(15(18)20(19-9)10-6-7-10)16(22)23-8-13(21)11-4-2-3-5-12(11)17/h2-5,10H,6-8,18H2,1H3. The first-order valence-electron chi connectivity index (χ1n) is 7.28. The third-order valence-corrected chi connectivity index (χ3v) is 4.06. The Morgan fingerprint density at radius 1 is 1.39 bits per heavy atom. The summed E-state index contributed by atoms with van der Waals surface area (Å²) in [5.74, 6) is -0.720. The smallest absolute Gasteiger partial charge is 0.344 e. The lowest BCUT2D eigenvalue weighted by Gasteiger charge is -2.06. The summed E-state index contributed by atoms with van der Waals surface area (Å²) < 4.78 is 6.75. The number of anilines is 1. The minimum absolute atomic E-state index is 0.226. The molecule has 0 atom stereocenters. The van der Waals surface area contributed by atoms with Crippen molar-refractivity contribution in [3.8, 4) is 0 Å². The zero-order valence-electron chi connectivity index (χ0n) is 12.6. The Hall–Kier alpha value is -2.34. The lowest BCUT2D eigenvalue weighted by molar-refractivity contribution is 0.0475. The number of carbonyl (C=O) groups excluding carboxylic acids is 2. The van der Waals surface area contributed by atoms with Crippen LogP contribution in [0.4, 0.5) is 5.82 Å². The summed E-state index contributed by atoms with van der Waals surface area (Å²) in [6.45, 7) is 1.30. The number of ketones is 1. The van der Waals surface area contributed by atoms with Gasteiger partial charge in [0, 0.05) is 5.56 Å². The van der Waals surface area contributed by atoms with Crippen LogP contribution in [0.5, 0.6) is 0 Å². The van der Waals surface area contributed by atoms with Gasteiger partial charge >= 0.3 is 5.97 Å². The first kappa shape index (κ1) is 15.6. The minimum atomic E-state index is -0.646. The van der Waals surface area contributed by atoms with Gasteiger partial charge in [-0.15, -0.1) is 0 Å². The minimum Gasteiger partial charge on any atom is -0.454 e. The van der Waals surface area contributed by atoms with Crippen LogP contribution in [-0.2, 0) is 4.74 Å². The fourth-order valence-electron chi connectivity index (χ4n) is 2.38. The molecule has 0 bridgehead atoms. The molecule has 120 valence electrons. The molecule has 1 heterocycles. The summed E-state index contributed by atoms with van der Waals surface area (Å²) in [7, 11) is 0. The molecule has 1 aliphatic rings. The van der Waals surface area contributed by atoms with Crippen molar-refractivity contribution in [2.45, 2.75) is 25.8 Å². The second-order valence-corrected chi connectivity index (χ2v) is 5.91. The molecule has 1 aromatic carbocycles. The van der Waals surface area contributed by atoms with Gasteiger partial charge in [0.05, 0.1) is 16.8 Å². The lowest BCUT2D eigenvalue weighted by atomic mass is 10.1. The van der Waals surface area contributed by atoms with Gasteiger partial charge in [-0.3, -0.25) is 4.79 Å². The van der Waals surface area contributed by atoms with Crippen LogP contribution in [0.2, 0.25) is 5.02 Å². The van der Waals surface area contributed by atoms with Crippen molar-refractivity contribution in [3.63, 3.8) is 0 Å². The Balaban J connectivity index is 1.70. The van der Waals surface area contributed by atoms with Crippen LogP contribution >= 0.6 is 11.6 Å². The molecule has 0 saturated heterocycles. The molecule has 3 rings (SSSR count). The maximum Gasteiger partial charge on any atom is 0.344 e. The predicted molar refractivity (Wildman–Crippen MR) is 85.7 cm³/mol. The van der Waals surface area contributed by atoms with Crippen LogP contribution in [0.1, 0.15) is 45.3 Å². The van der Waals surface area contributed by atoms with Gasteiger partial charge in [0.1, 0.15) is 11.4 Å². The van der Waals surface area contributed by atoms with Crippen LogP contribution < -0.4 is 5.73 Å². The zero-order chi connectivity index (χ0) is 16.6. The predicted octanol–water partition coefficient (Wildman–Crippen LogP) is 2.80. The molecule has 2 N–H and O–H groups in total. The highest BCUT2D eigenvalue weighted by molar-refractivity contribution is 6.34. The SMILES string of the molecule is Cc1nn(C2CC2)c(N)c1C(=O)OCC(=O)c1ccccc1Cl. The molecule has 1 aromatic heterocycles. The van der Waals surface area contributed by atoms with Gasteiger partial charge < -0.3 is 10.5 Å². The number of ether oxygens (including phenoxy) is 1. The highest BCUT2D eigenvalue weighted by Crippen LogP contribution is 2.37. The summed E-state index contributed by atoms with van der Waals surface area (Å²) in [6.07, 6.45) is 2.01. The Bertz CT molecular complexity index is 781. The Morgan fingerprint density at radius 2 is 2.09 bits per heavy atom. The highest BCUT2D eigenvalue weighted by Gasteiger charge is 2.31. The number of aromatic nitrogens is 2. The molecule has 1 fully saturated rings. The average Bonchev–Trinajstić information content (AvgIpc) is 3.31. The summed E-state index contributed by atoms with van der Waals surface area (Å²) in [6, 6.07) is 6.88. The van der Waals surface area contributed by atoms with E-state index < -0.39 is 12.6 Å². The topological polar surface area (TPSA) is 87.2 Å². The average molecular weight is 334 g/mol. The molecule has 0 aliphatic heterocycles. The number of aryl methyl sites for hydroxylation is 1. The number of carbonyl (C=O) groups is 2. The summed E-state index contributed by atoms with van der Waals surface area (Å²) >= 11 is 5.95. The summed E-state index contributed by atoms with van der Waals surface area (Å²) in [5.41, 5.74) is 7.03. The van der Waals surface area contributed by atoms with E-state index in [9.17, 15) is 9.59 Å². The second kappa shape index (κ2) is 6.04. The Labute approximate surface area is 138 Å². The maximum absolute atomic E-state index is 12.2. The fourth-order valence-corrected chi connectivity index (χ4v) is 2.62. The van der Waals surface area contributed by atoms with Gasteiger partial charge in [-0.2, -0.15) is 5.10 Å². The van der Waals surface area contributed by atoms with Gasteiger partial charge in [0.15, 0.2) is 6.61 Å². The van der Waals surface area contributed by atoms with Gasteiger partial charge in [0.25, 0.3) is 0 Å². The summed E-state index contributed by atoms with van der Waals surface area (Å²) in [4.78, 5) is 24.3. The maximum atomic E-state index is 12.2. The number of esters is 1. The molecule has 0 spiro atoms. The van der Waals surface area contributed by atoms with E-state index in [-0.39, 0.29) is 17.4 Å². The molecule has 1 saturated carbocycles. The third-order valence-electron chi connectivity index (χ3n) is 3.73. The molecule has 7 heteroatoms. The van der Waals surface area contributed by atoms with E-state index in [2.05, 4.69) is 5.10 Å². The van der Waals surface area contributed by atoms with E-state index in [0.29, 0.717) is 22.1 Å². The molecular weight excluding hydrogens is 318 g/mol. The molecule has 6 nitrogen and oxygen atoms in total. The molecule has 23 heavy (non-hydrogen) atoms. The molecule has 0 unspecified atom stereocenters. The van der Waals surface area contributed by atoms with Crippen molar-refractivity contribution in [1.82, 2.24) is 9.78 Å². The molecule has 1 aliphatic carbocycles. The largest absolute Gasteiger partial charge is 0.454 e. The number of hydrogen-bond acceptors (Lipinski definition) is 5. The van der Waals surface area contributed by atoms with Gasteiger partial charge in [-0.1, -0.05) is 23.7 Å². The Morgan fingerprint density at radius 3 is 2.74 bits per heavy atom. The lowest BCUT2D eigenvalue weighted by Crippen LogP contribution is -2.16. The van der Waals surface area contributed by atoms with E-state index in [1.807, 2.05) is 0 Å². The van der Waals surface area contributed by atoms with Crippen molar-refractivity contribution in [2.75, 3.05) is 12.3 Å². The van der Waals surface area contributed by atoms with E-state index in [0.717, 1.165) is 12.8 Å². The quantitative estimate of drug-likeness (QED) is 0.671. The number of benzene rings is 1. The monoisotopic (exact) mass is 333 g/mol. The van der Waals surface area contributed by atoms with Crippen molar-refractivity contribution in [2.24, 2.45) is 0 Å². The first-order chi connectivity index (χ1) is 11.0. The Kier molecular flexibility index (Phi) is 4.09. The van der Waals surface area contributed by atoms with Crippen LogP contribution in [-0.4, -0.2) is 28.1 Å². The van der Waals surface area contributed by atoms with Gasteiger partial charge in [-0.05, 0) is 31.9 Å². The van der Waals surface area contributed by atoms with Crippen LogP contribution in [0, 0.1) is 6.92 Å². The number of nitrogen functional groups attached to an aromatic ring is 1. The highest BCUT2D eigenvalue weighted by atomic mass is 35.5. The van der Waals surface area contributed by atoms with E-state index in [1.165, 1.54) is 0 Å². The van der Waals surface area contributed by atoms with Crippen LogP contribution in [0.3, 0.4) is 0 Å². The van der Waals surface area contributed by atoms with Crippen LogP contribution in [0.25, 0.3) is 0 Å². The number of nitrogens with zero attached hydrogens (tertiary/aromatic N) is 2. The van der Waals surface area contributed by atoms with Crippen molar-refractivity contribution < 1.29 is 14.3 Å². The van der Waals surface area contributed by atoms with Crippen molar-refractivity contribution in [1.29, 1.82) is 0 Å². The van der Waals surface area contributed by atoms with E-state index >= 15 is 0 Å². The first-order valence-corrected chi connectivity index (χ1v) is 7.66. The number of halogens is 1. The van der Waals surface area contributed by atoms with Crippen molar-refractivity contribution >= 4 is 29.2 Å². The number of hydrogen-bond donors (Lipinski definition) is 1. The van der Waals surface area contributed by atoms with Crippen LogP contribution in [0.15, 0.2) is 24.3 Å². The fraction of sp³-hybridized carbons (Fsp3) is 0.312. The molecule has 0 amide bonds. The van der Waals surface area contributed by atoms with Crippen molar-refractivity contribution in [3.05, 3.63) is 46.1 Å². The number of nitrogens with two attached hydrogens (primary N) is 1. The third kappa shape index (κ3) is 3.07. The molecular formula is C16H16ClN3O3. The number of Topliss-reactive ketones (excluding diaryl/α,β-unsaturated/α-hetero) is 1. The normalized spacial score (nSPS) is 13.8. The molecule has 2 aromatic rings. The summed E-state index contributed by atoms with van der Waals surface area (Å²) in [5, 5.41) is 4.60.